The Hall–Kier alpha value is -0.990. The smallest absolute Gasteiger partial charge is 0.203 e. The second-order valence-electron chi connectivity index (χ2n) is 4.74. The number of imidazole rings is 1. The first-order valence-corrected chi connectivity index (χ1v) is 6.00. The van der Waals surface area contributed by atoms with Gasteiger partial charge in [-0.05, 0) is 25.7 Å². The number of aryl methyl sites for hydroxylation is 1. The van der Waals surface area contributed by atoms with E-state index >= 15 is 0 Å². The number of nitrogens with one attached hydrogen (secondary N) is 1. The summed E-state index contributed by atoms with van der Waals surface area (Å²) in [6, 6.07) is 0.714. The van der Waals surface area contributed by atoms with Crippen molar-refractivity contribution >= 4 is 5.95 Å². The summed E-state index contributed by atoms with van der Waals surface area (Å²) in [4.78, 5) is 4.53. The molecule has 1 heterocycles. The molecule has 3 heteroatoms. The van der Waals surface area contributed by atoms with Crippen LogP contribution in [0.3, 0.4) is 0 Å². The lowest BCUT2D eigenvalue weighted by Gasteiger charge is -2.12. The minimum atomic E-state index is 0.714. The van der Waals surface area contributed by atoms with Crippen LogP contribution in [0.15, 0.2) is 6.20 Å². The Labute approximate surface area is 91.9 Å². The summed E-state index contributed by atoms with van der Waals surface area (Å²) in [6.45, 7) is 7.59. The van der Waals surface area contributed by atoms with Crippen molar-refractivity contribution < 1.29 is 0 Å². The average Bonchev–Trinajstić information content (AvgIpc) is 2.99. The van der Waals surface area contributed by atoms with Crippen LogP contribution in [0, 0.1) is 12.8 Å². The molecule has 2 rings (SSSR count). The van der Waals surface area contributed by atoms with E-state index in [4.69, 9.17) is 0 Å². The third-order valence-electron chi connectivity index (χ3n) is 3.10. The number of hydrogen-bond donors (Lipinski definition) is 1. The largest absolute Gasteiger partial charge is 0.355 e. The zero-order chi connectivity index (χ0) is 10.8. The molecule has 1 saturated carbocycles. The molecule has 0 amide bonds. The van der Waals surface area contributed by atoms with E-state index in [0.717, 1.165) is 24.1 Å². The maximum Gasteiger partial charge on any atom is 0.203 e. The highest BCUT2D eigenvalue weighted by Crippen LogP contribution is 2.37. The standard InChI is InChI=1S/C12H21N3/c1-4-9(2)7-13-12-14-10(3)8-15(12)11-5-6-11/h8-9,11H,4-7H2,1-3H3,(H,13,14). The summed E-state index contributed by atoms with van der Waals surface area (Å²) in [5, 5.41) is 3.46. The zero-order valence-corrected chi connectivity index (χ0v) is 9.95. The molecule has 1 N–H and O–H groups in total. The van der Waals surface area contributed by atoms with Crippen LogP contribution >= 0.6 is 0 Å². The molecular weight excluding hydrogens is 186 g/mol. The molecule has 0 aromatic carbocycles. The van der Waals surface area contributed by atoms with Crippen LogP contribution < -0.4 is 5.32 Å². The minimum absolute atomic E-state index is 0.714. The highest BCUT2D eigenvalue weighted by Gasteiger charge is 2.26. The number of nitrogens with zero attached hydrogens (tertiary/aromatic N) is 2. The lowest BCUT2D eigenvalue weighted by Crippen LogP contribution is -2.13. The van der Waals surface area contributed by atoms with Gasteiger partial charge in [-0.1, -0.05) is 20.3 Å². The van der Waals surface area contributed by atoms with Gasteiger partial charge in [-0.3, -0.25) is 0 Å². The molecule has 0 saturated heterocycles. The fourth-order valence-electron chi connectivity index (χ4n) is 1.69. The Morgan fingerprint density at radius 2 is 2.33 bits per heavy atom. The molecule has 0 bridgehead atoms. The highest BCUT2D eigenvalue weighted by molar-refractivity contribution is 5.30. The zero-order valence-electron chi connectivity index (χ0n) is 9.95. The van der Waals surface area contributed by atoms with Gasteiger partial charge < -0.3 is 9.88 Å². The molecule has 0 aliphatic heterocycles. The lowest BCUT2D eigenvalue weighted by atomic mass is 10.1. The van der Waals surface area contributed by atoms with E-state index in [1.165, 1.54) is 19.3 Å². The summed E-state index contributed by atoms with van der Waals surface area (Å²) in [6.07, 6.45) is 6.01. The molecule has 15 heavy (non-hydrogen) atoms. The van der Waals surface area contributed by atoms with E-state index in [-0.39, 0.29) is 0 Å². The number of rotatable bonds is 5. The van der Waals surface area contributed by atoms with Crippen LogP contribution in [0.5, 0.6) is 0 Å². The molecule has 1 aliphatic rings. The van der Waals surface area contributed by atoms with E-state index in [1.54, 1.807) is 0 Å². The summed E-state index contributed by atoms with van der Waals surface area (Å²) in [7, 11) is 0. The van der Waals surface area contributed by atoms with Crippen molar-refractivity contribution in [3.63, 3.8) is 0 Å². The molecule has 1 aromatic rings. The maximum atomic E-state index is 4.53. The predicted octanol–water partition coefficient (Wildman–Crippen LogP) is 2.98. The predicted molar refractivity (Wildman–Crippen MR) is 63.2 cm³/mol. The monoisotopic (exact) mass is 207 g/mol. The van der Waals surface area contributed by atoms with Gasteiger partial charge in [0.25, 0.3) is 0 Å². The van der Waals surface area contributed by atoms with Gasteiger partial charge in [0.2, 0.25) is 5.95 Å². The molecule has 3 nitrogen and oxygen atoms in total. The fourth-order valence-corrected chi connectivity index (χ4v) is 1.69. The second kappa shape index (κ2) is 4.25. The summed E-state index contributed by atoms with van der Waals surface area (Å²) in [5.74, 6) is 1.78. The summed E-state index contributed by atoms with van der Waals surface area (Å²) in [5.41, 5.74) is 1.12. The van der Waals surface area contributed by atoms with E-state index < -0.39 is 0 Å². The number of anilines is 1. The van der Waals surface area contributed by atoms with Gasteiger partial charge in [-0.25, -0.2) is 4.98 Å². The number of hydrogen-bond acceptors (Lipinski definition) is 2. The molecule has 1 aromatic heterocycles. The second-order valence-corrected chi connectivity index (χ2v) is 4.74. The van der Waals surface area contributed by atoms with Gasteiger partial charge in [0.15, 0.2) is 0 Å². The maximum absolute atomic E-state index is 4.53. The summed E-state index contributed by atoms with van der Waals surface area (Å²) < 4.78 is 2.30. The van der Waals surface area contributed by atoms with Crippen molar-refractivity contribution in [2.24, 2.45) is 5.92 Å². The number of aromatic nitrogens is 2. The van der Waals surface area contributed by atoms with Gasteiger partial charge >= 0.3 is 0 Å². The third kappa shape index (κ3) is 2.52. The van der Waals surface area contributed by atoms with Gasteiger partial charge in [0.05, 0.1) is 5.69 Å². The SMILES string of the molecule is CCC(C)CNc1nc(C)cn1C1CC1. The van der Waals surface area contributed by atoms with Crippen LogP contribution in [0.25, 0.3) is 0 Å². The molecule has 84 valence electrons. The Balaban J connectivity index is 2.00. The Bertz CT molecular complexity index is 326. The van der Waals surface area contributed by atoms with Crippen LogP contribution in [0.4, 0.5) is 5.95 Å². The topological polar surface area (TPSA) is 29.9 Å². The van der Waals surface area contributed by atoms with Crippen LogP contribution in [-0.2, 0) is 0 Å². The van der Waals surface area contributed by atoms with Gasteiger partial charge in [0, 0.05) is 18.8 Å². The van der Waals surface area contributed by atoms with Gasteiger partial charge in [-0.2, -0.15) is 0 Å². The van der Waals surface area contributed by atoms with E-state index in [0.29, 0.717) is 6.04 Å². The average molecular weight is 207 g/mol. The van der Waals surface area contributed by atoms with Crippen molar-refractivity contribution in [2.45, 2.75) is 46.1 Å². The van der Waals surface area contributed by atoms with Crippen molar-refractivity contribution in [1.29, 1.82) is 0 Å². The Morgan fingerprint density at radius 1 is 1.60 bits per heavy atom. The Morgan fingerprint density at radius 3 is 2.93 bits per heavy atom. The van der Waals surface area contributed by atoms with Crippen LogP contribution in [0.1, 0.15) is 44.8 Å². The lowest BCUT2D eigenvalue weighted by molar-refractivity contribution is 0.587. The van der Waals surface area contributed by atoms with E-state index in [9.17, 15) is 0 Å². The fraction of sp³-hybridized carbons (Fsp3) is 0.750. The molecule has 1 unspecified atom stereocenters. The molecule has 0 radical (unpaired) electrons. The van der Waals surface area contributed by atoms with Crippen LogP contribution in [-0.4, -0.2) is 16.1 Å². The van der Waals surface area contributed by atoms with Gasteiger partial charge in [-0.15, -0.1) is 0 Å². The first-order chi connectivity index (χ1) is 7.20. The molecular formula is C12H21N3. The third-order valence-corrected chi connectivity index (χ3v) is 3.10. The van der Waals surface area contributed by atoms with Gasteiger partial charge in [0.1, 0.15) is 0 Å². The molecule has 1 fully saturated rings. The van der Waals surface area contributed by atoms with E-state index in [2.05, 4.69) is 41.8 Å². The first kappa shape index (κ1) is 10.5. The van der Waals surface area contributed by atoms with Crippen molar-refractivity contribution in [3.8, 4) is 0 Å². The van der Waals surface area contributed by atoms with Crippen LogP contribution in [0.2, 0.25) is 0 Å². The highest BCUT2D eigenvalue weighted by atomic mass is 15.2. The van der Waals surface area contributed by atoms with Crippen molar-refractivity contribution in [1.82, 2.24) is 9.55 Å². The molecule has 0 spiro atoms. The van der Waals surface area contributed by atoms with Crippen molar-refractivity contribution in [2.75, 3.05) is 11.9 Å². The molecule has 1 aliphatic carbocycles. The normalized spacial score (nSPS) is 17.8. The quantitative estimate of drug-likeness (QED) is 0.804. The first-order valence-electron chi connectivity index (χ1n) is 6.00. The Kier molecular flexibility index (Phi) is 2.98. The summed E-state index contributed by atoms with van der Waals surface area (Å²) >= 11 is 0. The van der Waals surface area contributed by atoms with Crippen molar-refractivity contribution in [3.05, 3.63) is 11.9 Å². The minimum Gasteiger partial charge on any atom is -0.355 e. The van der Waals surface area contributed by atoms with E-state index in [1.807, 2.05) is 0 Å². The molecule has 1 atom stereocenters.